The van der Waals surface area contributed by atoms with Crippen molar-refractivity contribution in [3.05, 3.63) is 63.4 Å². The summed E-state index contributed by atoms with van der Waals surface area (Å²) in [7, 11) is 2.07. The molecular weight excluding hydrogens is 279 g/mol. The van der Waals surface area contributed by atoms with Crippen molar-refractivity contribution in [2.75, 3.05) is 7.05 Å². The van der Waals surface area contributed by atoms with Crippen LogP contribution in [0.15, 0.2) is 36.5 Å². The second kappa shape index (κ2) is 6.38. The maximum Gasteiger partial charge on any atom is 0.130 e. The standard InChI is InChI=1S/C15H16Cl2N2/c1-11-5-3-4-6-12(11)9-19(2)10-13-8-18-15(17)7-14(13)16/h3-8H,9-10H2,1-2H3. The van der Waals surface area contributed by atoms with E-state index in [1.807, 2.05) is 0 Å². The lowest BCUT2D eigenvalue weighted by Crippen LogP contribution is -2.18. The first-order valence-corrected chi connectivity index (χ1v) is 6.85. The number of halogens is 2. The summed E-state index contributed by atoms with van der Waals surface area (Å²) >= 11 is 12.0. The van der Waals surface area contributed by atoms with Gasteiger partial charge < -0.3 is 0 Å². The maximum atomic E-state index is 6.16. The highest BCUT2D eigenvalue weighted by atomic mass is 35.5. The zero-order valence-electron chi connectivity index (χ0n) is 11.0. The number of aryl methyl sites for hydroxylation is 1. The van der Waals surface area contributed by atoms with E-state index >= 15 is 0 Å². The zero-order valence-corrected chi connectivity index (χ0v) is 12.5. The molecule has 0 fully saturated rings. The zero-order chi connectivity index (χ0) is 13.8. The van der Waals surface area contributed by atoms with Crippen LogP contribution in [0.5, 0.6) is 0 Å². The van der Waals surface area contributed by atoms with E-state index in [0.717, 1.165) is 18.7 Å². The minimum atomic E-state index is 0.426. The highest BCUT2D eigenvalue weighted by Gasteiger charge is 2.07. The minimum absolute atomic E-state index is 0.426. The summed E-state index contributed by atoms with van der Waals surface area (Å²) in [6.45, 7) is 3.75. The van der Waals surface area contributed by atoms with Gasteiger partial charge in [0.15, 0.2) is 0 Å². The molecule has 0 amide bonds. The lowest BCUT2D eigenvalue weighted by molar-refractivity contribution is 0.318. The van der Waals surface area contributed by atoms with E-state index in [1.54, 1.807) is 12.3 Å². The molecule has 2 rings (SSSR count). The third-order valence-corrected chi connectivity index (χ3v) is 3.60. The highest BCUT2D eigenvalue weighted by Crippen LogP contribution is 2.20. The van der Waals surface area contributed by atoms with Crippen LogP contribution in [0.3, 0.4) is 0 Å². The van der Waals surface area contributed by atoms with Gasteiger partial charge in [-0.15, -0.1) is 0 Å². The second-order valence-corrected chi connectivity index (χ2v) is 5.49. The average Bonchev–Trinajstić information content (AvgIpc) is 2.36. The van der Waals surface area contributed by atoms with E-state index in [2.05, 4.69) is 48.1 Å². The molecule has 0 saturated carbocycles. The molecule has 0 aliphatic carbocycles. The van der Waals surface area contributed by atoms with E-state index in [9.17, 15) is 0 Å². The van der Waals surface area contributed by atoms with Crippen molar-refractivity contribution in [3.63, 3.8) is 0 Å². The molecule has 0 atom stereocenters. The molecule has 4 heteroatoms. The largest absolute Gasteiger partial charge is 0.298 e. The van der Waals surface area contributed by atoms with E-state index in [0.29, 0.717) is 10.2 Å². The van der Waals surface area contributed by atoms with Crippen LogP contribution in [-0.2, 0) is 13.1 Å². The molecule has 0 bridgehead atoms. The minimum Gasteiger partial charge on any atom is -0.298 e. The number of benzene rings is 1. The molecule has 1 heterocycles. The van der Waals surface area contributed by atoms with Crippen molar-refractivity contribution in [1.82, 2.24) is 9.88 Å². The highest BCUT2D eigenvalue weighted by molar-refractivity contribution is 6.34. The van der Waals surface area contributed by atoms with Gasteiger partial charge in [-0.3, -0.25) is 4.90 Å². The molecule has 100 valence electrons. The lowest BCUT2D eigenvalue weighted by Gasteiger charge is -2.18. The summed E-state index contributed by atoms with van der Waals surface area (Å²) in [6, 6.07) is 10.1. The Kier molecular flexibility index (Phi) is 4.81. The summed E-state index contributed by atoms with van der Waals surface area (Å²) in [5.74, 6) is 0. The third kappa shape index (κ3) is 3.93. The van der Waals surface area contributed by atoms with Gasteiger partial charge in [0.2, 0.25) is 0 Å². The first-order valence-electron chi connectivity index (χ1n) is 6.09. The van der Waals surface area contributed by atoms with Gasteiger partial charge in [-0.05, 0) is 31.2 Å². The molecule has 0 spiro atoms. The quantitative estimate of drug-likeness (QED) is 0.780. The van der Waals surface area contributed by atoms with E-state index < -0.39 is 0 Å². The van der Waals surface area contributed by atoms with Crippen molar-refractivity contribution in [2.45, 2.75) is 20.0 Å². The third-order valence-electron chi connectivity index (χ3n) is 3.04. The summed E-state index contributed by atoms with van der Waals surface area (Å²) in [5.41, 5.74) is 3.61. The summed E-state index contributed by atoms with van der Waals surface area (Å²) in [6.07, 6.45) is 1.74. The Balaban J connectivity index is 2.05. The lowest BCUT2D eigenvalue weighted by atomic mass is 10.1. The van der Waals surface area contributed by atoms with Gasteiger partial charge in [0.05, 0.1) is 0 Å². The molecule has 0 aliphatic heterocycles. The van der Waals surface area contributed by atoms with Crippen molar-refractivity contribution in [3.8, 4) is 0 Å². The Bertz CT molecular complexity index is 570. The summed E-state index contributed by atoms with van der Waals surface area (Å²) in [4.78, 5) is 6.28. The molecule has 0 unspecified atom stereocenters. The number of rotatable bonds is 4. The van der Waals surface area contributed by atoms with Crippen LogP contribution in [0.25, 0.3) is 0 Å². The van der Waals surface area contributed by atoms with E-state index in [1.165, 1.54) is 11.1 Å². The molecule has 2 aromatic rings. The van der Waals surface area contributed by atoms with Gasteiger partial charge in [-0.25, -0.2) is 4.98 Å². The molecule has 0 radical (unpaired) electrons. The van der Waals surface area contributed by atoms with Crippen LogP contribution in [-0.4, -0.2) is 16.9 Å². The van der Waals surface area contributed by atoms with Crippen LogP contribution in [0.2, 0.25) is 10.2 Å². The van der Waals surface area contributed by atoms with Gasteiger partial charge in [-0.1, -0.05) is 47.5 Å². The van der Waals surface area contributed by atoms with Gasteiger partial charge >= 0.3 is 0 Å². The first-order chi connectivity index (χ1) is 9.06. The van der Waals surface area contributed by atoms with Gasteiger partial charge in [-0.2, -0.15) is 0 Å². The number of pyridine rings is 1. The Hall–Kier alpha value is -1.09. The van der Waals surface area contributed by atoms with Crippen LogP contribution in [0.1, 0.15) is 16.7 Å². The molecule has 1 aromatic heterocycles. The fourth-order valence-corrected chi connectivity index (χ4v) is 2.40. The van der Waals surface area contributed by atoms with Gasteiger partial charge in [0.25, 0.3) is 0 Å². The predicted octanol–water partition coefficient (Wildman–Crippen LogP) is 4.33. The Morgan fingerprint density at radius 2 is 1.79 bits per heavy atom. The molecular formula is C15H16Cl2N2. The fraction of sp³-hybridized carbons (Fsp3) is 0.267. The molecule has 0 aliphatic rings. The molecule has 0 N–H and O–H groups in total. The number of aromatic nitrogens is 1. The van der Waals surface area contributed by atoms with Gasteiger partial charge in [0, 0.05) is 29.9 Å². The van der Waals surface area contributed by atoms with E-state index in [-0.39, 0.29) is 0 Å². The summed E-state index contributed by atoms with van der Waals surface area (Å²) < 4.78 is 0. The molecule has 0 saturated heterocycles. The topological polar surface area (TPSA) is 16.1 Å². The predicted molar refractivity (Wildman–Crippen MR) is 80.6 cm³/mol. The number of hydrogen-bond donors (Lipinski definition) is 0. The smallest absolute Gasteiger partial charge is 0.130 e. The average molecular weight is 295 g/mol. The van der Waals surface area contributed by atoms with Crippen molar-refractivity contribution < 1.29 is 0 Å². The first kappa shape index (κ1) is 14.3. The monoisotopic (exact) mass is 294 g/mol. The van der Waals surface area contributed by atoms with Crippen molar-refractivity contribution >= 4 is 23.2 Å². The maximum absolute atomic E-state index is 6.16. The van der Waals surface area contributed by atoms with Gasteiger partial charge in [0.1, 0.15) is 5.15 Å². The fourth-order valence-electron chi connectivity index (χ4n) is 1.98. The summed E-state index contributed by atoms with van der Waals surface area (Å²) in [5, 5.41) is 1.09. The SMILES string of the molecule is Cc1ccccc1CN(C)Cc1cnc(Cl)cc1Cl. The Morgan fingerprint density at radius 3 is 2.47 bits per heavy atom. The van der Waals surface area contributed by atoms with Crippen LogP contribution >= 0.6 is 23.2 Å². The van der Waals surface area contributed by atoms with Crippen LogP contribution in [0.4, 0.5) is 0 Å². The molecule has 19 heavy (non-hydrogen) atoms. The number of hydrogen-bond acceptors (Lipinski definition) is 2. The Morgan fingerprint density at radius 1 is 1.11 bits per heavy atom. The van der Waals surface area contributed by atoms with Crippen LogP contribution in [0, 0.1) is 6.92 Å². The van der Waals surface area contributed by atoms with Crippen molar-refractivity contribution in [1.29, 1.82) is 0 Å². The Labute approximate surface area is 124 Å². The van der Waals surface area contributed by atoms with Crippen molar-refractivity contribution in [2.24, 2.45) is 0 Å². The normalized spacial score (nSPS) is 11.0. The van der Waals surface area contributed by atoms with Crippen LogP contribution < -0.4 is 0 Å². The molecule has 1 aromatic carbocycles. The number of nitrogens with zero attached hydrogens (tertiary/aromatic N) is 2. The molecule has 2 nitrogen and oxygen atoms in total. The second-order valence-electron chi connectivity index (χ2n) is 4.70. The van der Waals surface area contributed by atoms with E-state index in [4.69, 9.17) is 23.2 Å².